The second-order valence-corrected chi connectivity index (χ2v) is 8.77. The predicted octanol–water partition coefficient (Wildman–Crippen LogP) is 5.30. The van der Waals surface area contributed by atoms with E-state index in [1.165, 1.54) is 11.8 Å². The zero-order valence-electron chi connectivity index (χ0n) is 16.1. The van der Waals surface area contributed by atoms with E-state index in [0.29, 0.717) is 32.7 Å². The van der Waals surface area contributed by atoms with Gasteiger partial charge in [0.2, 0.25) is 5.91 Å². The van der Waals surface area contributed by atoms with Crippen LogP contribution in [0.2, 0.25) is 10.0 Å². The van der Waals surface area contributed by atoms with Crippen LogP contribution in [0.1, 0.15) is 40.5 Å². The Morgan fingerprint density at radius 2 is 2.00 bits per heavy atom. The van der Waals surface area contributed by atoms with E-state index >= 15 is 0 Å². The Hall–Kier alpha value is -1.24. The number of carbonyl (C=O) groups is 1. The van der Waals surface area contributed by atoms with Gasteiger partial charge in [0.1, 0.15) is 0 Å². The minimum atomic E-state index is 0.00567. The van der Waals surface area contributed by atoms with Crippen molar-refractivity contribution < 1.29 is 4.79 Å². The third-order valence-corrected chi connectivity index (χ3v) is 5.41. The molecule has 1 heterocycles. The third-order valence-electron chi connectivity index (χ3n) is 3.90. The van der Waals surface area contributed by atoms with Crippen molar-refractivity contribution in [3.05, 3.63) is 28.2 Å². The van der Waals surface area contributed by atoms with Crippen LogP contribution in [-0.4, -0.2) is 32.5 Å². The highest BCUT2D eigenvalue weighted by molar-refractivity contribution is 7.99. The molecule has 0 saturated heterocycles. The lowest BCUT2D eigenvalue weighted by atomic mass is 10.2. The Kier molecular flexibility index (Phi) is 8.45. The maximum absolute atomic E-state index is 12.2. The van der Waals surface area contributed by atoms with Gasteiger partial charge in [-0.3, -0.25) is 4.79 Å². The molecule has 0 radical (unpaired) electrons. The molecular formula is C19H26Cl2N4OS. The molecule has 5 nitrogen and oxygen atoms in total. The van der Waals surface area contributed by atoms with Gasteiger partial charge in [0.15, 0.2) is 11.0 Å². The summed E-state index contributed by atoms with van der Waals surface area (Å²) in [7, 11) is 0. The van der Waals surface area contributed by atoms with Crippen LogP contribution in [0, 0.1) is 5.92 Å². The molecule has 1 unspecified atom stereocenters. The minimum Gasteiger partial charge on any atom is -0.353 e. The molecule has 0 fully saturated rings. The summed E-state index contributed by atoms with van der Waals surface area (Å²) >= 11 is 13.8. The van der Waals surface area contributed by atoms with Crippen LogP contribution in [0.4, 0.5) is 0 Å². The number of benzene rings is 1. The monoisotopic (exact) mass is 428 g/mol. The summed E-state index contributed by atoms with van der Waals surface area (Å²) in [5.41, 5.74) is 0.780. The molecule has 0 aliphatic heterocycles. The van der Waals surface area contributed by atoms with E-state index in [1.54, 1.807) is 12.1 Å². The highest BCUT2D eigenvalue weighted by Gasteiger charge is 2.19. The van der Waals surface area contributed by atoms with Gasteiger partial charge >= 0.3 is 0 Å². The Bertz CT molecular complexity index is 779. The van der Waals surface area contributed by atoms with Gasteiger partial charge in [-0.05, 0) is 37.5 Å². The first-order valence-electron chi connectivity index (χ1n) is 9.12. The van der Waals surface area contributed by atoms with E-state index in [0.717, 1.165) is 24.9 Å². The topological polar surface area (TPSA) is 59.8 Å². The molecule has 1 aromatic heterocycles. The van der Waals surface area contributed by atoms with E-state index < -0.39 is 0 Å². The second kappa shape index (κ2) is 10.3. The smallest absolute Gasteiger partial charge is 0.230 e. The second-order valence-electron chi connectivity index (χ2n) is 6.98. The number of amides is 1. The molecule has 0 bridgehead atoms. The van der Waals surface area contributed by atoms with E-state index in [9.17, 15) is 4.79 Å². The van der Waals surface area contributed by atoms with Crippen LogP contribution >= 0.6 is 35.0 Å². The van der Waals surface area contributed by atoms with Crippen molar-refractivity contribution in [1.82, 2.24) is 20.1 Å². The Balaban J connectivity index is 2.19. The lowest BCUT2D eigenvalue weighted by Crippen LogP contribution is -2.33. The quantitative estimate of drug-likeness (QED) is 0.549. The molecule has 1 aromatic carbocycles. The van der Waals surface area contributed by atoms with Gasteiger partial charge in [0, 0.05) is 23.2 Å². The minimum absolute atomic E-state index is 0.00567. The SMILES string of the molecule is CCCC(C)NC(=O)CSc1nnc(-c2ccc(Cl)cc2Cl)n1CC(C)C. The maximum atomic E-state index is 12.2. The number of halogens is 2. The fraction of sp³-hybridized carbons (Fsp3) is 0.526. The molecule has 1 amide bonds. The summed E-state index contributed by atoms with van der Waals surface area (Å²) in [5, 5.41) is 13.5. The van der Waals surface area contributed by atoms with Crippen LogP contribution in [0.25, 0.3) is 11.4 Å². The van der Waals surface area contributed by atoms with Crippen LogP contribution < -0.4 is 5.32 Å². The number of nitrogens with one attached hydrogen (secondary N) is 1. The number of nitrogens with zero attached hydrogens (tertiary/aromatic N) is 3. The standard InChI is InChI=1S/C19H26Cl2N4OS/c1-5-6-13(4)22-17(26)11-27-19-24-23-18(25(19)10-12(2)3)15-8-7-14(20)9-16(15)21/h7-9,12-13H,5-6,10-11H2,1-4H3,(H,22,26). The maximum Gasteiger partial charge on any atom is 0.230 e. The molecule has 2 aromatic rings. The fourth-order valence-corrected chi connectivity index (χ4v) is 4.00. The van der Waals surface area contributed by atoms with Gasteiger partial charge in [-0.25, -0.2) is 0 Å². The zero-order chi connectivity index (χ0) is 20.0. The van der Waals surface area contributed by atoms with Crippen LogP contribution in [-0.2, 0) is 11.3 Å². The number of aromatic nitrogens is 3. The number of hydrogen-bond acceptors (Lipinski definition) is 4. The number of rotatable bonds is 9. The average molecular weight is 429 g/mol. The van der Waals surface area contributed by atoms with Gasteiger partial charge < -0.3 is 9.88 Å². The first-order valence-corrected chi connectivity index (χ1v) is 10.9. The molecule has 1 N–H and O–H groups in total. The van der Waals surface area contributed by atoms with E-state index in [4.69, 9.17) is 23.2 Å². The van der Waals surface area contributed by atoms with Gasteiger partial charge in [0.25, 0.3) is 0 Å². The van der Waals surface area contributed by atoms with Crippen LogP contribution in [0.3, 0.4) is 0 Å². The largest absolute Gasteiger partial charge is 0.353 e. The first kappa shape index (κ1) is 22.1. The molecular weight excluding hydrogens is 403 g/mol. The molecule has 0 spiro atoms. The summed E-state index contributed by atoms with van der Waals surface area (Å²) in [4.78, 5) is 12.2. The molecule has 0 saturated carbocycles. The molecule has 148 valence electrons. The number of thioether (sulfide) groups is 1. The third kappa shape index (κ3) is 6.40. The molecule has 2 rings (SSSR count). The fourth-order valence-electron chi connectivity index (χ4n) is 2.75. The summed E-state index contributed by atoms with van der Waals surface area (Å²) in [5.74, 6) is 1.39. The summed E-state index contributed by atoms with van der Waals surface area (Å²) in [6.07, 6.45) is 2.02. The molecule has 27 heavy (non-hydrogen) atoms. The molecule has 1 atom stereocenters. The van der Waals surface area contributed by atoms with Crippen molar-refractivity contribution in [3.63, 3.8) is 0 Å². The van der Waals surface area contributed by atoms with E-state index in [2.05, 4.69) is 36.3 Å². The zero-order valence-corrected chi connectivity index (χ0v) is 18.5. The van der Waals surface area contributed by atoms with Crippen molar-refractivity contribution in [2.45, 2.75) is 58.3 Å². The first-order chi connectivity index (χ1) is 12.8. The van der Waals surface area contributed by atoms with Gasteiger partial charge in [-0.2, -0.15) is 0 Å². The van der Waals surface area contributed by atoms with E-state index in [-0.39, 0.29) is 11.9 Å². The van der Waals surface area contributed by atoms with Crippen molar-refractivity contribution >= 4 is 40.9 Å². The number of carbonyl (C=O) groups excluding carboxylic acids is 1. The van der Waals surface area contributed by atoms with Crippen molar-refractivity contribution in [2.75, 3.05) is 5.75 Å². The molecule has 0 aliphatic carbocycles. The molecule has 0 aliphatic rings. The Morgan fingerprint density at radius 3 is 2.63 bits per heavy atom. The lowest BCUT2D eigenvalue weighted by Gasteiger charge is -2.14. The Labute approximate surface area is 175 Å². The average Bonchev–Trinajstić information content (AvgIpc) is 2.95. The highest BCUT2D eigenvalue weighted by Crippen LogP contribution is 2.32. The summed E-state index contributed by atoms with van der Waals surface area (Å²) in [6.45, 7) is 9.11. The van der Waals surface area contributed by atoms with Gasteiger partial charge in [-0.15, -0.1) is 10.2 Å². The van der Waals surface area contributed by atoms with Crippen LogP contribution in [0.15, 0.2) is 23.4 Å². The summed E-state index contributed by atoms with van der Waals surface area (Å²) in [6, 6.07) is 5.51. The van der Waals surface area contributed by atoms with Crippen molar-refractivity contribution in [2.24, 2.45) is 5.92 Å². The van der Waals surface area contributed by atoms with Crippen molar-refractivity contribution in [1.29, 1.82) is 0 Å². The van der Waals surface area contributed by atoms with Gasteiger partial charge in [0.05, 0.1) is 10.8 Å². The van der Waals surface area contributed by atoms with Gasteiger partial charge in [-0.1, -0.05) is 62.2 Å². The summed E-state index contributed by atoms with van der Waals surface area (Å²) < 4.78 is 2.02. The predicted molar refractivity (Wildman–Crippen MR) is 114 cm³/mol. The van der Waals surface area contributed by atoms with E-state index in [1.807, 2.05) is 17.6 Å². The van der Waals surface area contributed by atoms with Crippen LogP contribution in [0.5, 0.6) is 0 Å². The van der Waals surface area contributed by atoms with Crippen molar-refractivity contribution in [3.8, 4) is 11.4 Å². The highest BCUT2D eigenvalue weighted by atomic mass is 35.5. The Morgan fingerprint density at radius 1 is 1.26 bits per heavy atom. The number of hydrogen-bond donors (Lipinski definition) is 1. The molecule has 8 heteroatoms. The normalized spacial score (nSPS) is 12.4. The lowest BCUT2D eigenvalue weighted by molar-refractivity contribution is -0.119.